The van der Waals surface area contributed by atoms with Crippen molar-refractivity contribution >= 4 is 26.7 Å². The van der Waals surface area contributed by atoms with Gasteiger partial charge in [0.25, 0.3) is 5.91 Å². The molecule has 2 heterocycles. The second kappa shape index (κ2) is 5.64. The number of benzene rings is 1. The minimum absolute atomic E-state index is 0.0000530. The van der Waals surface area contributed by atoms with Gasteiger partial charge in [-0.1, -0.05) is 0 Å². The number of furan rings is 1. The van der Waals surface area contributed by atoms with E-state index in [2.05, 4.69) is 5.32 Å². The number of rotatable bonds is 4. The Morgan fingerprint density at radius 1 is 1.45 bits per heavy atom. The van der Waals surface area contributed by atoms with Crippen molar-refractivity contribution < 1.29 is 22.4 Å². The maximum absolute atomic E-state index is 12.3. The number of nitrogens with one attached hydrogen (secondary N) is 1. The monoisotopic (exact) mass is 323 g/mol. The summed E-state index contributed by atoms with van der Waals surface area (Å²) in [6, 6.07) is 4.74. The van der Waals surface area contributed by atoms with Gasteiger partial charge in [-0.2, -0.15) is 0 Å². The summed E-state index contributed by atoms with van der Waals surface area (Å²) in [4.78, 5) is 12.3. The summed E-state index contributed by atoms with van der Waals surface area (Å²) in [6.07, 6.45) is 1.99. The Bertz CT molecular complexity index is 808. The van der Waals surface area contributed by atoms with Crippen LogP contribution in [0.3, 0.4) is 0 Å². The van der Waals surface area contributed by atoms with Gasteiger partial charge in [0.15, 0.2) is 9.84 Å². The van der Waals surface area contributed by atoms with E-state index in [9.17, 15) is 13.2 Å². The number of carbonyl (C=O) groups is 1. The zero-order valence-electron chi connectivity index (χ0n) is 12.2. The van der Waals surface area contributed by atoms with Gasteiger partial charge in [0.05, 0.1) is 29.8 Å². The van der Waals surface area contributed by atoms with Gasteiger partial charge in [-0.25, -0.2) is 8.42 Å². The lowest BCUT2D eigenvalue weighted by Gasteiger charge is -2.12. The molecule has 0 bridgehead atoms. The third kappa shape index (κ3) is 2.94. The van der Waals surface area contributed by atoms with Crippen LogP contribution < -0.4 is 10.1 Å². The first-order chi connectivity index (χ1) is 10.5. The molecule has 1 aromatic carbocycles. The SMILES string of the molecule is CCOc1cc(C(=O)N[C@@H]2CCS(=O)(=O)C2)cc2occc12. The lowest BCUT2D eigenvalue weighted by molar-refractivity contribution is 0.0940. The van der Waals surface area contributed by atoms with Gasteiger partial charge >= 0.3 is 0 Å². The van der Waals surface area contributed by atoms with Gasteiger partial charge < -0.3 is 14.5 Å². The maximum atomic E-state index is 12.3. The van der Waals surface area contributed by atoms with Crippen molar-refractivity contribution in [2.75, 3.05) is 18.1 Å². The zero-order valence-corrected chi connectivity index (χ0v) is 13.0. The molecule has 1 saturated heterocycles. The molecule has 1 aliphatic heterocycles. The average Bonchev–Trinajstić information content (AvgIpc) is 3.05. The Labute approximate surface area is 128 Å². The van der Waals surface area contributed by atoms with Crippen molar-refractivity contribution in [1.82, 2.24) is 5.32 Å². The van der Waals surface area contributed by atoms with Crippen molar-refractivity contribution in [3.63, 3.8) is 0 Å². The molecule has 1 atom stereocenters. The standard InChI is InChI=1S/C15H17NO5S/c1-2-20-13-7-10(8-14-12(13)3-5-21-14)15(17)16-11-4-6-22(18,19)9-11/h3,5,7-8,11H,2,4,6,9H2,1H3,(H,16,17)/t11-/m1/s1. The van der Waals surface area contributed by atoms with Gasteiger partial charge in [-0.3, -0.25) is 4.79 Å². The highest BCUT2D eigenvalue weighted by Gasteiger charge is 2.29. The fraction of sp³-hybridized carbons (Fsp3) is 0.400. The van der Waals surface area contributed by atoms with Crippen LogP contribution in [0, 0.1) is 0 Å². The molecular weight excluding hydrogens is 306 g/mol. The number of amides is 1. The Kier molecular flexibility index (Phi) is 3.82. The summed E-state index contributed by atoms with van der Waals surface area (Å²) in [5.74, 6) is 0.388. The van der Waals surface area contributed by atoms with Gasteiger partial charge in [0, 0.05) is 11.6 Å². The predicted octanol–water partition coefficient (Wildman–Crippen LogP) is 1.75. The topological polar surface area (TPSA) is 85.6 Å². The van der Waals surface area contributed by atoms with Gasteiger partial charge in [-0.15, -0.1) is 0 Å². The second-order valence-corrected chi connectivity index (χ2v) is 7.54. The first-order valence-electron chi connectivity index (χ1n) is 7.14. The van der Waals surface area contributed by atoms with Gasteiger partial charge in [0.2, 0.25) is 0 Å². The number of sulfone groups is 1. The maximum Gasteiger partial charge on any atom is 0.251 e. The number of ether oxygens (including phenoxy) is 1. The van der Waals surface area contributed by atoms with Crippen LogP contribution in [0.1, 0.15) is 23.7 Å². The summed E-state index contributed by atoms with van der Waals surface area (Å²) in [5, 5.41) is 3.57. The highest BCUT2D eigenvalue weighted by molar-refractivity contribution is 7.91. The first-order valence-corrected chi connectivity index (χ1v) is 8.96. The molecule has 1 N–H and O–H groups in total. The molecule has 1 fully saturated rings. The molecule has 2 aromatic rings. The lowest BCUT2D eigenvalue weighted by Crippen LogP contribution is -2.35. The van der Waals surface area contributed by atoms with Crippen LogP contribution in [0.2, 0.25) is 0 Å². The fourth-order valence-corrected chi connectivity index (χ4v) is 4.30. The van der Waals surface area contributed by atoms with Crippen molar-refractivity contribution in [2.24, 2.45) is 0 Å². The zero-order chi connectivity index (χ0) is 15.7. The molecule has 3 rings (SSSR count). The minimum Gasteiger partial charge on any atom is -0.493 e. The number of hydrogen-bond acceptors (Lipinski definition) is 5. The number of fused-ring (bicyclic) bond motifs is 1. The van der Waals surface area contributed by atoms with E-state index in [0.717, 1.165) is 5.39 Å². The summed E-state index contributed by atoms with van der Waals surface area (Å²) in [5.41, 5.74) is 0.963. The van der Waals surface area contributed by atoms with Crippen LogP contribution in [-0.4, -0.2) is 38.5 Å². The van der Waals surface area contributed by atoms with E-state index in [-0.39, 0.29) is 23.5 Å². The number of hydrogen-bond donors (Lipinski definition) is 1. The molecule has 6 nitrogen and oxygen atoms in total. The molecule has 0 saturated carbocycles. The third-order valence-corrected chi connectivity index (χ3v) is 5.43. The van der Waals surface area contributed by atoms with Crippen LogP contribution in [0.25, 0.3) is 11.0 Å². The highest BCUT2D eigenvalue weighted by Crippen LogP contribution is 2.29. The average molecular weight is 323 g/mol. The molecule has 118 valence electrons. The summed E-state index contributed by atoms with van der Waals surface area (Å²) >= 11 is 0. The van der Waals surface area contributed by atoms with Gasteiger partial charge in [-0.05, 0) is 31.5 Å². The largest absolute Gasteiger partial charge is 0.493 e. The smallest absolute Gasteiger partial charge is 0.251 e. The van der Waals surface area contributed by atoms with Crippen molar-refractivity contribution in [3.8, 4) is 5.75 Å². The molecule has 1 aromatic heterocycles. The van der Waals surface area contributed by atoms with Crippen LogP contribution in [-0.2, 0) is 9.84 Å². The van der Waals surface area contributed by atoms with Crippen molar-refractivity contribution in [3.05, 3.63) is 30.0 Å². The molecule has 0 unspecified atom stereocenters. The van der Waals surface area contributed by atoms with Gasteiger partial charge in [0.1, 0.15) is 11.3 Å². The van der Waals surface area contributed by atoms with E-state index in [4.69, 9.17) is 9.15 Å². The summed E-state index contributed by atoms with van der Waals surface area (Å²) in [6.45, 7) is 2.34. The lowest BCUT2D eigenvalue weighted by atomic mass is 10.1. The van der Waals surface area contributed by atoms with Crippen molar-refractivity contribution in [2.45, 2.75) is 19.4 Å². The molecule has 1 amide bonds. The van der Waals surface area contributed by atoms with Crippen LogP contribution in [0.5, 0.6) is 5.75 Å². The van der Waals surface area contributed by atoms with E-state index in [1.54, 1.807) is 24.5 Å². The van der Waals surface area contributed by atoms with Crippen LogP contribution in [0.4, 0.5) is 0 Å². The van der Waals surface area contributed by atoms with E-state index < -0.39 is 9.84 Å². The quantitative estimate of drug-likeness (QED) is 0.926. The molecule has 0 radical (unpaired) electrons. The highest BCUT2D eigenvalue weighted by atomic mass is 32.2. The molecule has 0 aliphatic carbocycles. The first kappa shape index (κ1) is 14.9. The molecule has 1 aliphatic rings. The molecule has 0 spiro atoms. The molecular formula is C15H17NO5S. The van der Waals surface area contributed by atoms with Crippen LogP contribution in [0.15, 0.2) is 28.9 Å². The van der Waals surface area contributed by atoms with Crippen molar-refractivity contribution in [1.29, 1.82) is 0 Å². The predicted molar refractivity (Wildman–Crippen MR) is 81.9 cm³/mol. The van der Waals surface area contributed by atoms with Crippen LogP contribution >= 0.6 is 0 Å². The normalized spacial score (nSPS) is 20.1. The summed E-state index contributed by atoms with van der Waals surface area (Å²) < 4.78 is 33.8. The summed E-state index contributed by atoms with van der Waals surface area (Å²) in [7, 11) is -3.02. The Hall–Kier alpha value is -2.02. The second-order valence-electron chi connectivity index (χ2n) is 5.31. The Balaban J connectivity index is 1.84. The van der Waals surface area contributed by atoms with E-state index in [1.807, 2.05) is 6.92 Å². The number of carbonyl (C=O) groups excluding carboxylic acids is 1. The third-order valence-electron chi connectivity index (χ3n) is 3.66. The molecule has 7 heteroatoms. The van der Waals surface area contributed by atoms with E-state index in [0.29, 0.717) is 29.9 Å². The fourth-order valence-electron chi connectivity index (χ4n) is 2.62. The Morgan fingerprint density at radius 3 is 2.95 bits per heavy atom. The Morgan fingerprint density at radius 2 is 2.27 bits per heavy atom. The van der Waals surface area contributed by atoms with E-state index >= 15 is 0 Å². The van der Waals surface area contributed by atoms with E-state index in [1.165, 1.54) is 0 Å². The minimum atomic E-state index is -3.02. The molecule has 22 heavy (non-hydrogen) atoms.